The summed E-state index contributed by atoms with van der Waals surface area (Å²) in [5, 5.41) is 10.7. The summed E-state index contributed by atoms with van der Waals surface area (Å²) in [7, 11) is 0. The van der Waals surface area contributed by atoms with Crippen molar-refractivity contribution >= 4 is 12.0 Å². The van der Waals surface area contributed by atoms with E-state index in [0.29, 0.717) is 11.8 Å². The Morgan fingerprint density at radius 3 is 2.60 bits per heavy atom. The summed E-state index contributed by atoms with van der Waals surface area (Å²) in [6.07, 6.45) is 0.463. The lowest BCUT2D eigenvalue weighted by atomic mass is 10.2. The van der Waals surface area contributed by atoms with Crippen LogP contribution in [0, 0.1) is 22.9 Å². The first-order valence-corrected chi connectivity index (χ1v) is 5.69. The van der Waals surface area contributed by atoms with Gasteiger partial charge in [-0.15, -0.1) is 0 Å². The second-order valence-electron chi connectivity index (χ2n) is 4.11. The van der Waals surface area contributed by atoms with Crippen LogP contribution in [0.15, 0.2) is 36.4 Å². The molecule has 0 aliphatic carbocycles. The van der Waals surface area contributed by atoms with Crippen LogP contribution in [0.1, 0.15) is 15.9 Å². The van der Waals surface area contributed by atoms with Gasteiger partial charge in [0.15, 0.2) is 6.29 Å². The van der Waals surface area contributed by atoms with E-state index in [-0.39, 0.29) is 22.7 Å². The number of hydrogen-bond acceptors (Lipinski definition) is 4. The summed E-state index contributed by atoms with van der Waals surface area (Å²) in [5.41, 5.74) is 0.577. The van der Waals surface area contributed by atoms with Crippen molar-refractivity contribution < 1.29 is 18.8 Å². The number of hydrogen-bond donors (Lipinski definition) is 0. The zero-order valence-electron chi connectivity index (χ0n) is 10.5. The van der Waals surface area contributed by atoms with Gasteiger partial charge in [0.25, 0.3) is 5.69 Å². The molecule has 2 aromatic rings. The van der Waals surface area contributed by atoms with Crippen molar-refractivity contribution in [3.8, 4) is 11.5 Å². The van der Waals surface area contributed by atoms with Gasteiger partial charge in [-0.2, -0.15) is 0 Å². The summed E-state index contributed by atoms with van der Waals surface area (Å²) in [6, 6.07) is 7.64. The zero-order valence-corrected chi connectivity index (χ0v) is 10.5. The van der Waals surface area contributed by atoms with Crippen molar-refractivity contribution in [1.29, 1.82) is 0 Å². The number of carbonyl (C=O) groups excluding carboxylic acids is 1. The van der Waals surface area contributed by atoms with Crippen molar-refractivity contribution in [1.82, 2.24) is 0 Å². The predicted octanol–water partition coefficient (Wildman–Crippen LogP) is 3.65. The van der Waals surface area contributed by atoms with Crippen LogP contribution in [0.2, 0.25) is 0 Å². The molecule has 0 saturated carbocycles. The number of halogens is 1. The molecule has 6 heteroatoms. The zero-order chi connectivity index (χ0) is 14.7. The van der Waals surface area contributed by atoms with Gasteiger partial charge in [0.05, 0.1) is 16.6 Å². The van der Waals surface area contributed by atoms with E-state index >= 15 is 0 Å². The van der Waals surface area contributed by atoms with Gasteiger partial charge in [-0.05, 0) is 36.8 Å². The fourth-order valence-corrected chi connectivity index (χ4v) is 1.64. The maximum absolute atomic E-state index is 13.0. The first-order chi connectivity index (χ1) is 9.51. The number of nitrogens with zero attached hydrogens (tertiary/aromatic N) is 1. The number of ether oxygens (including phenoxy) is 1. The minimum absolute atomic E-state index is 0.0379. The second kappa shape index (κ2) is 5.48. The van der Waals surface area contributed by atoms with Crippen molar-refractivity contribution in [3.05, 3.63) is 63.5 Å². The number of nitro groups is 1. The van der Waals surface area contributed by atoms with Crippen molar-refractivity contribution in [2.24, 2.45) is 0 Å². The van der Waals surface area contributed by atoms with Gasteiger partial charge in [-0.1, -0.05) is 0 Å². The van der Waals surface area contributed by atoms with Crippen molar-refractivity contribution in [2.75, 3.05) is 0 Å². The molecule has 0 spiro atoms. The molecule has 0 heterocycles. The lowest BCUT2D eigenvalue weighted by Gasteiger charge is -2.10. The highest BCUT2D eigenvalue weighted by atomic mass is 19.1. The molecular weight excluding hydrogens is 265 g/mol. The van der Waals surface area contributed by atoms with E-state index in [9.17, 15) is 19.3 Å². The average molecular weight is 275 g/mol. The highest BCUT2D eigenvalue weighted by Crippen LogP contribution is 2.30. The van der Waals surface area contributed by atoms with Gasteiger partial charge < -0.3 is 4.74 Å². The lowest BCUT2D eigenvalue weighted by molar-refractivity contribution is -0.384. The van der Waals surface area contributed by atoms with Crippen LogP contribution in [0.4, 0.5) is 10.1 Å². The Kier molecular flexibility index (Phi) is 3.74. The summed E-state index contributed by atoms with van der Waals surface area (Å²) in [4.78, 5) is 21.1. The van der Waals surface area contributed by atoms with E-state index in [1.807, 2.05) is 0 Å². The van der Waals surface area contributed by atoms with Crippen LogP contribution in [-0.4, -0.2) is 11.2 Å². The number of nitro benzene ring substituents is 1. The van der Waals surface area contributed by atoms with Gasteiger partial charge in [-0.25, -0.2) is 4.39 Å². The predicted molar refractivity (Wildman–Crippen MR) is 69.7 cm³/mol. The third kappa shape index (κ3) is 2.80. The van der Waals surface area contributed by atoms with Crippen molar-refractivity contribution in [3.63, 3.8) is 0 Å². The van der Waals surface area contributed by atoms with Gasteiger partial charge in [0, 0.05) is 6.07 Å². The molecule has 102 valence electrons. The maximum atomic E-state index is 13.0. The Morgan fingerprint density at radius 1 is 1.20 bits per heavy atom. The molecule has 0 bridgehead atoms. The Balaban J connectivity index is 2.41. The molecule has 0 radical (unpaired) electrons. The van der Waals surface area contributed by atoms with Gasteiger partial charge in [0.1, 0.15) is 17.3 Å². The molecule has 0 unspecified atom stereocenters. The monoisotopic (exact) mass is 275 g/mol. The third-order valence-corrected chi connectivity index (χ3v) is 2.70. The highest BCUT2D eigenvalue weighted by Gasteiger charge is 2.12. The summed E-state index contributed by atoms with van der Waals surface area (Å²) < 4.78 is 18.5. The molecule has 2 rings (SSSR count). The fourth-order valence-electron chi connectivity index (χ4n) is 1.64. The van der Waals surface area contributed by atoms with Gasteiger partial charge in [-0.3, -0.25) is 14.9 Å². The average Bonchev–Trinajstić information content (AvgIpc) is 2.42. The molecule has 0 aromatic heterocycles. The molecule has 0 fully saturated rings. The number of aryl methyl sites for hydroxylation is 1. The number of benzene rings is 2. The molecule has 0 aliphatic heterocycles. The van der Waals surface area contributed by atoms with Crippen LogP contribution in [0.5, 0.6) is 11.5 Å². The van der Waals surface area contributed by atoms with E-state index in [4.69, 9.17) is 4.74 Å². The fraction of sp³-hybridized carbons (Fsp3) is 0.0714. The molecule has 0 amide bonds. The van der Waals surface area contributed by atoms with Gasteiger partial charge in [0.2, 0.25) is 0 Å². The molecule has 2 aromatic carbocycles. The van der Waals surface area contributed by atoms with E-state index < -0.39 is 10.7 Å². The molecule has 0 saturated heterocycles. The van der Waals surface area contributed by atoms with E-state index in [1.165, 1.54) is 24.3 Å². The van der Waals surface area contributed by atoms with E-state index in [0.717, 1.165) is 12.1 Å². The second-order valence-corrected chi connectivity index (χ2v) is 4.11. The Hall–Kier alpha value is -2.76. The molecule has 0 aliphatic rings. The largest absolute Gasteiger partial charge is 0.456 e. The molecular formula is C14H10FNO4. The standard InChI is InChI=1S/C14H10FNO4/c1-9-2-4-12(16(18)19)7-14(9)20-13-5-3-11(15)6-10(13)8-17/h2-8H,1H3. The summed E-state index contributed by atoms with van der Waals surface area (Å²) in [6.45, 7) is 1.71. The Morgan fingerprint density at radius 2 is 1.95 bits per heavy atom. The third-order valence-electron chi connectivity index (χ3n) is 2.70. The van der Waals surface area contributed by atoms with Crippen LogP contribution in [-0.2, 0) is 0 Å². The Bertz CT molecular complexity index is 685. The van der Waals surface area contributed by atoms with E-state index in [2.05, 4.69) is 0 Å². The minimum atomic E-state index is -0.560. The first kappa shape index (κ1) is 13.7. The highest BCUT2D eigenvalue weighted by molar-refractivity contribution is 5.79. The molecule has 0 N–H and O–H groups in total. The molecule has 0 atom stereocenters. The summed E-state index contributed by atoms with van der Waals surface area (Å²) >= 11 is 0. The first-order valence-electron chi connectivity index (χ1n) is 5.69. The topological polar surface area (TPSA) is 69.4 Å². The van der Waals surface area contributed by atoms with Crippen LogP contribution in [0.3, 0.4) is 0 Å². The number of aldehydes is 1. The molecule has 20 heavy (non-hydrogen) atoms. The number of non-ortho nitro benzene ring substituents is 1. The lowest BCUT2D eigenvalue weighted by Crippen LogP contribution is -1.95. The van der Waals surface area contributed by atoms with Crippen LogP contribution >= 0.6 is 0 Å². The quantitative estimate of drug-likeness (QED) is 0.485. The normalized spacial score (nSPS) is 10.1. The van der Waals surface area contributed by atoms with Gasteiger partial charge >= 0.3 is 0 Å². The number of carbonyl (C=O) groups is 1. The van der Waals surface area contributed by atoms with Crippen LogP contribution < -0.4 is 4.74 Å². The molecule has 5 nitrogen and oxygen atoms in total. The smallest absolute Gasteiger partial charge is 0.273 e. The van der Waals surface area contributed by atoms with Crippen LogP contribution in [0.25, 0.3) is 0 Å². The maximum Gasteiger partial charge on any atom is 0.273 e. The SMILES string of the molecule is Cc1ccc([N+](=O)[O-])cc1Oc1ccc(F)cc1C=O. The Labute approximate surface area is 113 Å². The summed E-state index contributed by atoms with van der Waals surface area (Å²) in [5.74, 6) is -0.172. The van der Waals surface area contributed by atoms with E-state index in [1.54, 1.807) is 6.92 Å². The number of rotatable bonds is 4. The minimum Gasteiger partial charge on any atom is -0.456 e. The van der Waals surface area contributed by atoms with Crippen molar-refractivity contribution in [2.45, 2.75) is 6.92 Å².